The average Bonchev–Trinajstić information content (AvgIpc) is 2.98. The second-order valence-electron chi connectivity index (χ2n) is 6.11. The Kier molecular flexibility index (Phi) is 5.28. The Morgan fingerprint density at radius 1 is 1.21 bits per heavy atom. The Balaban J connectivity index is 1.79. The number of aromatic nitrogens is 3. The highest BCUT2D eigenvalue weighted by Gasteiger charge is 2.33. The first-order chi connectivity index (χ1) is 13.1. The molecule has 2 aromatic carbocycles. The van der Waals surface area contributed by atoms with Crippen molar-refractivity contribution in [1.29, 1.82) is 0 Å². The summed E-state index contributed by atoms with van der Waals surface area (Å²) < 4.78 is 40.2. The van der Waals surface area contributed by atoms with Crippen LogP contribution in [0.15, 0.2) is 42.5 Å². The molecule has 0 fully saturated rings. The first kappa shape index (κ1) is 19.7. The van der Waals surface area contributed by atoms with Gasteiger partial charge in [-0.1, -0.05) is 46.6 Å². The van der Waals surface area contributed by atoms with Gasteiger partial charge in [-0.05, 0) is 30.7 Å². The lowest BCUT2D eigenvalue weighted by atomic mass is 10.1. The number of carbonyl (C=O) groups excluding carboxylic acids is 1. The maximum atomic E-state index is 12.9. The molecule has 3 rings (SSSR count). The quantitative estimate of drug-likeness (QED) is 0.678. The van der Waals surface area contributed by atoms with E-state index in [1.54, 1.807) is 0 Å². The Bertz CT molecular complexity index is 1020. The number of nitrogens with one attached hydrogen (secondary N) is 1. The van der Waals surface area contributed by atoms with Crippen molar-refractivity contribution in [3.63, 3.8) is 0 Å². The minimum atomic E-state index is -4.64. The summed E-state index contributed by atoms with van der Waals surface area (Å²) in [5.74, 6) is -0.772. The third-order valence-electron chi connectivity index (χ3n) is 3.97. The first-order valence-electron chi connectivity index (χ1n) is 8.08. The number of carbonyl (C=O) groups is 1. The number of amides is 1. The lowest BCUT2D eigenvalue weighted by molar-refractivity contribution is -0.137. The second-order valence-corrected chi connectivity index (χ2v) is 6.52. The van der Waals surface area contributed by atoms with E-state index in [1.807, 2.05) is 31.2 Å². The summed E-state index contributed by atoms with van der Waals surface area (Å²) in [5, 5.41) is 9.45. The van der Waals surface area contributed by atoms with Crippen LogP contribution in [0.5, 0.6) is 0 Å². The summed E-state index contributed by atoms with van der Waals surface area (Å²) in [6.07, 6.45) is -4.64. The molecule has 3 aromatic rings. The van der Waals surface area contributed by atoms with E-state index in [0.717, 1.165) is 23.3 Å². The van der Waals surface area contributed by atoms with Crippen LogP contribution in [0.4, 0.5) is 24.7 Å². The smallest absolute Gasteiger partial charge is 0.382 e. The molecule has 1 heterocycles. The topological polar surface area (TPSA) is 85.8 Å². The lowest BCUT2D eigenvalue weighted by Crippen LogP contribution is -2.16. The van der Waals surface area contributed by atoms with Crippen LogP contribution in [0.2, 0.25) is 5.02 Å². The molecule has 0 aliphatic heterocycles. The summed E-state index contributed by atoms with van der Waals surface area (Å²) in [4.78, 5) is 12.4. The van der Waals surface area contributed by atoms with Gasteiger partial charge in [0, 0.05) is 5.69 Å². The number of anilines is 2. The van der Waals surface area contributed by atoms with Gasteiger partial charge in [-0.3, -0.25) is 4.79 Å². The molecule has 0 saturated heterocycles. The number of nitrogens with zero attached hydrogens (tertiary/aromatic N) is 3. The molecular weight excluding hydrogens is 395 g/mol. The maximum Gasteiger partial charge on any atom is 0.417 e. The largest absolute Gasteiger partial charge is 0.417 e. The molecule has 0 aliphatic rings. The summed E-state index contributed by atoms with van der Waals surface area (Å²) in [6.45, 7) is 2.25. The van der Waals surface area contributed by atoms with Crippen LogP contribution in [0.25, 0.3) is 0 Å². The Hall–Kier alpha value is -3.07. The van der Waals surface area contributed by atoms with Crippen molar-refractivity contribution in [3.05, 3.63) is 69.9 Å². The zero-order valence-corrected chi connectivity index (χ0v) is 15.3. The van der Waals surface area contributed by atoms with Gasteiger partial charge in [-0.15, -0.1) is 5.10 Å². The van der Waals surface area contributed by atoms with Gasteiger partial charge in [0.15, 0.2) is 11.5 Å². The number of rotatable bonds is 4. The van der Waals surface area contributed by atoms with Crippen molar-refractivity contribution < 1.29 is 18.0 Å². The van der Waals surface area contributed by atoms with Crippen molar-refractivity contribution in [1.82, 2.24) is 15.0 Å². The zero-order chi connectivity index (χ0) is 20.5. The summed E-state index contributed by atoms with van der Waals surface area (Å²) in [5.41, 5.74) is 6.61. The summed E-state index contributed by atoms with van der Waals surface area (Å²) in [6, 6.07) is 10.7. The number of halogens is 4. The van der Waals surface area contributed by atoms with Gasteiger partial charge in [-0.25, -0.2) is 4.68 Å². The van der Waals surface area contributed by atoms with E-state index in [4.69, 9.17) is 17.3 Å². The molecule has 10 heteroatoms. The fourth-order valence-electron chi connectivity index (χ4n) is 2.48. The Morgan fingerprint density at radius 3 is 2.54 bits per heavy atom. The average molecular weight is 410 g/mol. The number of nitrogens with two attached hydrogens (primary N) is 1. The van der Waals surface area contributed by atoms with E-state index in [2.05, 4.69) is 15.6 Å². The van der Waals surface area contributed by atoms with Crippen LogP contribution in [0.3, 0.4) is 0 Å². The van der Waals surface area contributed by atoms with Crippen LogP contribution in [-0.2, 0) is 12.7 Å². The first-order valence-corrected chi connectivity index (χ1v) is 8.45. The number of aryl methyl sites for hydroxylation is 1. The van der Waals surface area contributed by atoms with Crippen molar-refractivity contribution in [3.8, 4) is 0 Å². The summed E-state index contributed by atoms with van der Waals surface area (Å²) in [7, 11) is 0. The van der Waals surface area contributed by atoms with Gasteiger partial charge in [0.25, 0.3) is 5.91 Å². The fourth-order valence-corrected chi connectivity index (χ4v) is 2.70. The van der Waals surface area contributed by atoms with E-state index < -0.39 is 22.7 Å². The van der Waals surface area contributed by atoms with Crippen LogP contribution in [0, 0.1) is 6.92 Å². The molecular formula is C18H15ClF3N5O. The van der Waals surface area contributed by atoms with Crippen LogP contribution in [-0.4, -0.2) is 20.9 Å². The van der Waals surface area contributed by atoms with Crippen molar-refractivity contribution >= 4 is 29.0 Å². The van der Waals surface area contributed by atoms with E-state index >= 15 is 0 Å². The second kappa shape index (κ2) is 7.51. The van der Waals surface area contributed by atoms with Gasteiger partial charge in [0.2, 0.25) is 0 Å². The fraction of sp³-hybridized carbons (Fsp3) is 0.167. The highest BCUT2D eigenvalue weighted by Crippen LogP contribution is 2.36. The number of hydrogen-bond donors (Lipinski definition) is 2. The van der Waals surface area contributed by atoms with Gasteiger partial charge in [0.05, 0.1) is 17.1 Å². The van der Waals surface area contributed by atoms with Crippen molar-refractivity contribution in [2.24, 2.45) is 0 Å². The normalized spacial score (nSPS) is 11.5. The van der Waals surface area contributed by atoms with E-state index in [0.29, 0.717) is 6.54 Å². The third kappa shape index (κ3) is 4.25. The van der Waals surface area contributed by atoms with Gasteiger partial charge >= 0.3 is 6.18 Å². The predicted octanol–water partition coefficient (Wildman–Crippen LogP) is 4.14. The Morgan fingerprint density at radius 2 is 1.89 bits per heavy atom. The van der Waals surface area contributed by atoms with E-state index in [1.165, 1.54) is 10.7 Å². The molecule has 6 nitrogen and oxygen atoms in total. The third-order valence-corrected chi connectivity index (χ3v) is 4.30. The van der Waals surface area contributed by atoms with Crippen LogP contribution in [0.1, 0.15) is 27.2 Å². The molecule has 0 aliphatic carbocycles. The van der Waals surface area contributed by atoms with Gasteiger partial charge in [0.1, 0.15) is 0 Å². The van der Waals surface area contributed by atoms with E-state index in [9.17, 15) is 18.0 Å². The van der Waals surface area contributed by atoms with Crippen LogP contribution >= 0.6 is 11.6 Å². The minimum Gasteiger partial charge on any atom is -0.382 e. The van der Waals surface area contributed by atoms with Crippen molar-refractivity contribution in [2.75, 3.05) is 11.1 Å². The molecule has 1 amide bonds. The van der Waals surface area contributed by atoms with Gasteiger partial charge < -0.3 is 11.1 Å². The SMILES string of the molecule is Cc1ccc(Cn2nnc(C(=O)Nc3ccc(Cl)c(C(F)(F)F)c3)c2N)cc1. The number of hydrogen-bond acceptors (Lipinski definition) is 4. The maximum absolute atomic E-state index is 12.9. The number of benzene rings is 2. The standard InChI is InChI=1S/C18H15ClF3N5O/c1-10-2-4-11(5-3-10)9-27-16(23)15(25-26-27)17(28)24-12-6-7-14(19)13(8-12)18(20,21)22/h2-8H,9,23H2,1H3,(H,24,28). The lowest BCUT2D eigenvalue weighted by Gasteiger charge is -2.11. The predicted molar refractivity (Wildman–Crippen MR) is 99.1 cm³/mol. The zero-order valence-electron chi connectivity index (χ0n) is 14.6. The van der Waals surface area contributed by atoms with Crippen LogP contribution < -0.4 is 11.1 Å². The van der Waals surface area contributed by atoms with Gasteiger partial charge in [-0.2, -0.15) is 13.2 Å². The molecule has 0 saturated carbocycles. The molecule has 0 bridgehead atoms. The molecule has 1 aromatic heterocycles. The highest BCUT2D eigenvalue weighted by molar-refractivity contribution is 6.31. The molecule has 0 spiro atoms. The monoisotopic (exact) mass is 409 g/mol. The number of nitrogen functional groups attached to an aromatic ring is 1. The molecule has 3 N–H and O–H groups in total. The van der Waals surface area contributed by atoms with E-state index in [-0.39, 0.29) is 17.2 Å². The molecule has 28 heavy (non-hydrogen) atoms. The molecule has 146 valence electrons. The minimum absolute atomic E-state index is 0.00285. The highest BCUT2D eigenvalue weighted by atomic mass is 35.5. The number of alkyl halides is 3. The molecule has 0 radical (unpaired) electrons. The molecule has 0 unspecified atom stereocenters. The Labute approximate surface area is 163 Å². The van der Waals surface area contributed by atoms with Crippen molar-refractivity contribution in [2.45, 2.75) is 19.6 Å². The summed E-state index contributed by atoms with van der Waals surface area (Å²) >= 11 is 5.57. The molecule has 0 atom stereocenters.